The fraction of sp³-hybridized carbons (Fsp3) is 0.385. The molecule has 2 heterocycles. The van der Waals surface area contributed by atoms with Crippen LogP contribution in [0, 0.1) is 0 Å². The standard InChI is InChI=1S/C26H27F3N2O2S/c1-14-21(24(33)31-16-8-5-7-15(13-16)26(27,28)29)23(19-11-12-20(34-19)25(2,3)4)22-17(30-14)9-6-10-18(22)32/h5,7-8,11-13,23,30H,6,9-10H2,1-4H3,(H,31,33)/t23-/m1/s1. The number of amides is 1. The van der Waals surface area contributed by atoms with Gasteiger partial charge in [-0.25, -0.2) is 0 Å². The Morgan fingerprint density at radius 3 is 2.50 bits per heavy atom. The number of carbonyl (C=O) groups is 2. The summed E-state index contributed by atoms with van der Waals surface area (Å²) in [5.74, 6) is -1.08. The van der Waals surface area contributed by atoms with Crippen molar-refractivity contribution in [3.05, 3.63) is 74.3 Å². The van der Waals surface area contributed by atoms with Crippen LogP contribution in [0.2, 0.25) is 0 Å². The summed E-state index contributed by atoms with van der Waals surface area (Å²) in [5.41, 5.74) is 1.50. The summed E-state index contributed by atoms with van der Waals surface area (Å²) in [5, 5.41) is 5.88. The van der Waals surface area contributed by atoms with Crippen LogP contribution in [-0.4, -0.2) is 11.7 Å². The lowest BCUT2D eigenvalue weighted by Gasteiger charge is -2.34. The van der Waals surface area contributed by atoms with E-state index in [0.29, 0.717) is 23.3 Å². The van der Waals surface area contributed by atoms with E-state index in [9.17, 15) is 22.8 Å². The van der Waals surface area contributed by atoms with E-state index in [1.165, 1.54) is 12.1 Å². The molecule has 1 aromatic carbocycles. The Hall–Kier alpha value is -2.87. The highest BCUT2D eigenvalue weighted by atomic mass is 32.1. The largest absolute Gasteiger partial charge is 0.416 e. The predicted molar refractivity (Wildman–Crippen MR) is 128 cm³/mol. The van der Waals surface area contributed by atoms with Gasteiger partial charge in [-0.15, -0.1) is 11.3 Å². The van der Waals surface area contributed by atoms with Crippen molar-refractivity contribution in [1.29, 1.82) is 0 Å². The summed E-state index contributed by atoms with van der Waals surface area (Å²) >= 11 is 1.56. The van der Waals surface area contributed by atoms with Gasteiger partial charge in [0.05, 0.1) is 11.5 Å². The van der Waals surface area contributed by atoms with Crippen molar-refractivity contribution in [3.63, 3.8) is 0 Å². The third-order valence-corrected chi connectivity index (χ3v) is 7.69. The quantitative estimate of drug-likeness (QED) is 0.507. The molecule has 4 nitrogen and oxygen atoms in total. The number of rotatable bonds is 3. The van der Waals surface area contributed by atoms with Crippen LogP contribution in [0.1, 0.15) is 68.2 Å². The number of dihydropyridines is 1. The lowest BCUT2D eigenvalue weighted by atomic mass is 9.77. The van der Waals surface area contributed by atoms with E-state index in [4.69, 9.17) is 0 Å². The van der Waals surface area contributed by atoms with Crippen LogP contribution < -0.4 is 10.6 Å². The van der Waals surface area contributed by atoms with Gasteiger partial charge in [-0.1, -0.05) is 26.8 Å². The smallest absolute Gasteiger partial charge is 0.362 e. The van der Waals surface area contributed by atoms with Crippen molar-refractivity contribution in [2.45, 2.75) is 64.5 Å². The number of anilines is 1. The normalized spacial score (nSPS) is 19.1. The van der Waals surface area contributed by atoms with Crippen molar-refractivity contribution in [1.82, 2.24) is 5.32 Å². The number of halogens is 3. The van der Waals surface area contributed by atoms with Crippen LogP contribution in [0.5, 0.6) is 0 Å². The number of alkyl halides is 3. The molecule has 0 spiro atoms. The van der Waals surface area contributed by atoms with Crippen LogP contribution >= 0.6 is 11.3 Å². The summed E-state index contributed by atoms with van der Waals surface area (Å²) in [6.07, 6.45) is -2.64. The molecule has 8 heteroatoms. The molecule has 0 bridgehead atoms. The number of hydrogen-bond donors (Lipinski definition) is 2. The molecule has 2 N–H and O–H groups in total. The molecular weight excluding hydrogens is 461 g/mol. The van der Waals surface area contributed by atoms with Crippen molar-refractivity contribution in [3.8, 4) is 0 Å². The van der Waals surface area contributed by atoms with Crippen LogP contribution in [0.3, 0.4) is 0 Å². The Balaban J connectivity index is 1.76. The molecule has 34 heavy (non-hydrogen) atoms. The highest BCUT2D eigenvalue weighted by molar-refractivity contribution is 7.12. The van der Waals surface area contributed by atoms with Crippen molar-refractivity contribution in [2.24, 2.45) is 0 Å². The van der Waals surface area contributed by atoms with Crippen LogP contribution in [0.25, 0.3) is 0 Å². The monoisotopic (exact) mass is 488 g/mol. The molecule has 2 aromatic rings. The van der Waals surface area contributed by atoms with Crippen molar-refractivity contribution < 1.29 is 22.8 Å². The first-order chi connectivity index (χ1) is 15.9. The van der Waals surface area contributed by atoms with Gasteiger partial charge in [-0.05, 0) is 55.5 Å². The zero-order valence-electron chi connectivity index (χ0n) is 19.5. The number of ketones is 1. The van der Waals surface area contributed by atoms with E-state index in [0.717, 1.165) is 40.4 Å². The second-order valence-electron chi connectivity index (χ2n) is 9.75. The van der Waals surface area contributed by atoms with E-state index in [-0.39, 0.29) is 16.9 Å². The van der Waals surface area contributed by atoms with E-state index in [2.05, 4.69) is 31.4 Å². The maximum absolute atomic E-state index is 13.5. The summed E-state index contributed by atoms with van der Waals surface area (Å²) < 4.78 is 39.5. The van der Waals surface area contributed by atoms with Crippen molar-refractivity contribution in [2.75, 3.05) is 5.32 Å². The number of allylic oxidation sites excluding steroid dienone is 3. The van der Waals surface area contributed by atoms with E-state index < -0.39 is 23.6 Å². The molecule has 1 aromatic heterocycles. The van der Waals surface area contributed by atoms with Gasteiger partial charge < -0.3 is 10.6 Å². The average molecular weight is 489 g/mol. The summed E-state index contributed by atoms with van der Waals surface area (Å²) in [7, 11) is 0. The fourth-order valence-electron chi connectivity index (χ4n) is 4.45. The van der Waals surface area contributed by atoms with Gasteiger partial charge in [0, 0.05) is 44.4 Å². The minimum atomic E-state index is -4.51. The Labute approximate surface area is 200 Å². The van der Waals surface area contributed by atoms with Gasteiger partial charge in [0.1, 0.15) is 0 Å². The van der Waals surface area contributed by atoms with Crippen LogP contribution in [-0.2, 0) is 21.2 Å². The second-order valence-corrected chi connectivity index (χ2v) is 10.9. The number of hydrogen-bond acceptors (Lipinski definition) is 4. The average Bonchev–Trinajstić information content (AvgIpc) is 3.23. The topological polar surface area (TPSA) is 58.2 Å². The molecule has 1 amide bonds. The Morgan fingerprint density at radius 1 is 1.12 bits per heavy atom. The molecule has 0 saturated carbocycles. The Bertz CT molecular complexity index is 1220. The number of benzene rings is 1. The van der Waals surface area contributed by atoms with Gasteiger partial charge in [-0.2, -0.15) is 13.2 Å². The third-order valence-electron chi connectivity index (χ3n) is 6.12. The molecule has 0 radical (unpaired) electrons. The predicted octanol–water partition coefficient (Wildman–Crippen LogP) is 6.67. The first kappa shape index (κ1) is 24.3. The Morgan fingerprint density at radius 2 is 1.85 bits per heavy atom. The molecule has 1 aliphatic heterocycles. The highest BCUT2D eigenvalue weighted by Gasteiger charge is 2.39. The molecule has 0 unspecified atom stereocenters. The van der Waals surface area contributed by atoms with Crippen LogP contribution in [0.4, 0.5) is 18.9 Å². The maximum atomic E-state index is 13.5. The zero-order valence-corrected chi connectivity index (χ0v) is 20.3. The summed E-state index contributed by atoms with van der Waals surface area (Å²) in [6.45, 7) is 8.08. The van der Waals surface area contributed by atoms with Gasteiger partial charge >= 0.3 is 6.18 Å². The highest BCUT2D eigenvalue weighted by Crippen LogP contribution is 2.46. The van der Waals surface area contributed by atoms with Gasteiger partial charge in [0.25, 0.3) is 5.91 Å². The zero-order chi connectivity index (χ0) is 24.8. The summed E-state index contributed by atoms with van der Waals surface area (Å²) in [6, 6.07) is 8.54. The Kier molecular flexibility index (Phi) is 6.23. The first-order valence-corrected chi connectivity index (χ1v) is 12.0. The lowest BCUT2D eigenvalue weighted by molar-refractivity contribution is -0.137. The number of thiophene rings is 1. The first-order valence-electron chi connectivity index (χ1n) is 11.2. The van der Waals surface area contributed by atoms with Gasteiger partial charge in [0.2, 0.25) is 0 Å². The molecular formula is C26H27F3N2O2S. The molecule has 1 atom stereocenters. The van der Waals surface area contributed by atoms with E-state index >= 15 is 0 Å². The molecule has 2 aliphatic rings. The SMILES string of the molecule is CC1=C(C(=O)Nc2cccc(C(F)(F)F)c2)[C@@H](c2ccc(C(C)(C)C)s2)C2=C(CCCC2=O)N1. The molecule has 1 aliphatic carbocycles. The van der Waals surface area contributed by atoms with Crippen LogP contribution in [0.15, 0.2) is 58.9 Å². The molecule has 0 fully saturated rings. The number of carbonyl (C=O) groups excluding carboxylic acids is 2. The van der Waals surface area contributed by atoms with E-state index in [1.54, 1.807) is 18.3 Å². The molecule has 0 saturated heterocycles. The summed E-state index contributed by atoms with van der Waals surface area (Å²) in [4.78, 5) is 28.5. The molecule has 4 rings (SSSR count). The second kappa shape index (κ2) is 8.73. The van der Waals surface area contributed by atoms with Crippen molar-refractivity contribution >= 4 is 28.7 Å². The van der Waals surface area contributed by atoms with Gasteiger partial charge in [-0.3, -0.25) is 9.59 Å². The maximum Gasteiger partial charge on any atom is 0.416 e. The third kappa shape index (κ3) is 4.69. The minimum Gasteiger partial charge on any atom is -0.362 e. The van der Waals surface area contributed by atoms with E-state index in [1.807, 2.05) is 12.1 Å². The number of nitrogens with one attached hydrogen (secondary N) is 2. The number of Topliss-reactive ketones (excluding diaryl/α,β-unsaturated/α-hetero) is 1. The molecule has 180 valence electrons. The lowest BCUT2D eigenvalue weighted by Crippen LogP contribution is -2.35. The fourth-order valence-corrected chi connectivity index (χ4v) is 5.64. The minimum absolute atomic E-state index is 0.00123. The van der Waals surface area contributed by atoms with Gasteiger partial charge in [0.15, 0.2) is 5.78 Å².